The summed E-state index contributed by atoms with van der Waals surface area (Å²) in [6.07, 6.45) is 6.58. The Kier molecular flexibility index (Phi) is 4.03. The number of hydrogen-bond donors (Lipinski definition) is 0. The van der Waals surface area contributed by atoms with Crippen molar-refractivity contribution < 1.29 is 0 Å². The van der Waals surface area contributed by atoms with Crippen LogP contribution in [0.1, 0.15) is 60.8 Å². The van der Waals surface area contributed by atoms with Crippen LogP contribution in [0.4, 0.5) is 0 Å². The standard InChI is InChI=1S/C15H28/c1-7-12-8-9-13(11(2)3)14(10-12)15(4,5)6/h10-11,13-14H,7-9H2,1-6H3. The SMILES string of the molecule is CCC1=CC(C(C)(C)C)C(C(C)C)CC1. The van der Waals surface area contributed by atoms with E-state index in [1.807, 2.05) is 0 Å². The summed E-state index contributed by atoms with van der Waals surface area (Å²) in [7, 11) is 0. The van der Waals surface area contributed by atoms with Crippen LogP contribution in [0.3, 0.4) is 0 Å². The average Bonchev–Trinajstić information content (AvgIpc) is 2.15. The maximum atomic E-state index is 2.59. The molecule has 0 bridgehead atoms. The zero-order valence-electron chi connectivity index (χ0n) is 11.4. The second-order valence-corrected chi connectivity index (χ2v) is 6.52. The highest BCUT2D eigenvalue weighted by atomic mass is 14.4. The van der Waals surface area contributed by atoms with Gasteiger partial charge in [0.25, 0.3) is 0 Å². The van der Waals surface area contributed by atoms with E-state index in [1.165, 1.54) is 19.3 Å². The van der Waals surface area contributed by atoms with Gasteiger partial charge in [-0.1, -0.05) is 53.2 Å². The van der Waals surface area contributed by atoms with Gasteiger partial charge in [0.2, 0.25) is 0 Å². The second-order valence-electron chi connectivity index (χ2n) is 6.52. The van der Waals surface area contributed by atoms with E-state index in [-0.39, 0.29) is 0 Å². The molecule has 1 aliphatic carbocycles. The molecule has 0 nitrogen and oxygen atoms in total. The fourth-order valence-electron chi connectivity index (χ4n) is 2.93. The van der Waals surface area contributed by atoms with Crippen LogP contribution in [0.2, 0.25) is 0 Å². The van der Waals surface area contributed by atoms with Gasteiger partial charge in [0.15, 0.2) is 0 Å². The molecule has 0 aromatic heterocycles. The number of hydrogen-bond acceptors (Lipinski definition) is 0. The molecule has 0 N–H and O–H groups in total. The Balaban J connectivity index is 2.91. The van der Waals surface area contributed by atoms with E-state index < -0.39 is 0 Å². The third kappa shape index (κ3) is 3.09. The smallest absolute Gasteiger partial charge is 0.0151 e. The summed E-state index contributed by atoms with van der Waals surface area (Å²) in [4.78, 5) is 0. The highest BCUT2D eigenvalue weighted by molar-refractivity contribution is 5.12. The fourth-order valence-corrected chi connectivity index (χ4v) is 2.93. The zero-order chi connectivity index (χ0) is 11.6. The van der Waals surface area contributed by atoms with Crippen molar-refractivity contribution in [2.75, 3.05) is 0 Å². The molecule has 1 aliphatic rings. The van der Waals surface area contributed by atoms with Crippen molar-refractivity contribution in [2.45, 2.75) is 60.8 Å². The summed E-state index contributed by atoms with van der Waals surface area (Å²) in [5.74, 6) is 2.49. The van der Waals surface area contributed by atoms with Crippen molar-refractivity contribution in [1.29, 1.82) is 0 Å². The van der Waals surface area contributed by atoms with Crippen molar-refractivity contribution in [3.63, 3.8) is 0 Å². The lowest BCUT2D eigenvalue weighted by Crippen LogP contribution is -2.32. The van der Waals surface area contributed by atoms with Crippen molar-refractivity contribution in [2.24, 2.45) is 23.2 Å². The molecule has 0 heteroatoms. The van der Waals surface area contributed by atoms with Crippen LogP contribution in [0.25, 0.3) is 0 Å². The van der Waals surface area contributed by atoms with Gasteiger partial charge in [0.1, 0.15) is 0 Å². The van der Waals surface area contributed by atoms with Crippen LogP contribution >= 0.6 is 0 Å². The first-order valence-corrected chi connectivity index (χ1v) is 6.55. The molecular formula is C15H28. The lowest BCUT2D eigenvalue weighted by molar-refractivity contribution is 0.146. The highest BCUT2D eigenvalue weighted by Gasteiger charge is 2.34. The van der Waals surface area contributed by atoms with E-state index in [1.54, 1.807) is 5.57 Å². The van der Waals surface area contributed by atoms with Gasteiger partial charge in [-0.05, 0) is 42.4 Å². The molecule has 0 spiro atoms. The molecule has 1 rings (SSSR count). The molecule has 15 heavy (non-hydrogen) atoms. The van der Waals surface area contributed by atoms with Gasteiger partial charge >= 0.3 is 0 Å². The van der Waals surface area contributed by atoms with Gasteiger partial charge in [-0.15, -0.1) is 0 Å². The maximum absolute atomic E-state index is 2.59. The van der Waals surface area contributed by atoms with Crippen LogP contribution in [0.15, 0.2) is 11.6 Å². The second kappa shape index (κ2) is 4.72. The Morgan fingerprint density at radius 1 is 1.33 bits per heavy atom. The molecule has 0 aliphatic heterocycles. The van der Waals surface area contributed by atoms with Crippen LogP contribution in [0.5, 0.6) is 0 Å². The molecule has 0 fully saturated rings. The van der Waals surface area contributed by atoms with E-state index in [0.717, 1.165) is 17.8 Å². The third-order valence-electron chi connectivity index (χ3n) is 3.99. The molecular weight excluding hydrogens is 180 g/mol. The highest BCUT2D eigenvalue weighted by Crippen LogP contribution is 2.43. The van der Waals surface area contributed by atoms with Gasteiger partial charge in [-0.2, -0.15) is 0 Å². The Hall–Kier alpha value is -0.260. The van der Waals surface area contributed by atoms with Crippen molar-refractivity contribution in [1.82, 2.24) is 0 Å². The monoisotopic (exact) mass is 208 g/mol. The Labute approximate surface area is 96.2 Å². The molecule has 0 heterocycles. The predicted molar refractivity (Wildman–Crippen MR) is 68.9 cm³/mol. The summed E-state index contributed by atoms with van der Waals surface area (Å²) < 4.78 is 0. The molecule has 0 saturated carbocycles. The van der Waals surface area contributed by atoms with Gasteiger partial charge in [-0.25, -0.2) is 0 Å². The summed E-state index contributed by atoms with van der Waals surface area (Å²) in [6.45, 7) is 14.2. The first kappa shape index (κ1) is 12.8. The fraction of sp³-hybridized carbons (Fsp3) is 0.867. The molecule has 0 amide bonds. The van der Waals surface area contributed by atoms with Gasteiger partial charge in [0.05, 0.1) is 0 Å². The Morgan fingerprint density at radius 3 is 2.33 bits per heavy atom. The van der Waals surface area contributed by atoms with Crippen LogP contribution in [-0.4, -0.2) is 0 Å². The quantitative estimate of drug-likeness (QED) is 0.557. The van der Waals surface area contributed by atoms with Gasteiger partial charge < -0.3 is 0 Å². The summed E-state index contributed by atoms with van der Waals surface area (Å²) >= 11 is 0. The first-order chi connectivity index (χ1) is 6.86. The zero-order valence-corrected chi connectivity index (χ0v) is 11.4. The van der Waals surface area contributed by atoms with Crippen molar-refractivity contribution in [3.05, 3.63) is 11.6 Å². The van der Waals surface area contributed by atoms with Crippen molar-refractivity contribution in [3.8, 4) is 0 Å². The van der Waals surface area contributed by atoms with E-state index in [4.69, 9.17) is 0 Å². The summed E-state index contributed by atoms with van der Waals surface area (Å²) in [6, 6.07) is 0. The minimum Gasteiger partial charge on any atom is -0.0814 e. The van der Waals surface area contributed by atoms with Crippen LogP contribution in [-0.2, 0) is 0 Å². The van der Waals surface area contributed by atoms with E-state index >= 15 is 0 Å². The average molecular weight is 208 g/mol. The number of allylic oxidation sites excluding steroid dienone is 2. The Bertz CT molecular complexity index is 227. The normalized spacial score (nSPS) is 28.1. The minimum absolute atomic E-state index is 0.426. The molecule has 0 radical (unpaired) electrons. The summed E-state index contributed by atoms with van der Waals surface area (Å²) in [5.41, 5.74) is 2.11. The van der Waals surface area contributed by atoms with Crippen LogP contribution < -0.4 is 0 Å². The van der Waals surface area contributed by atoms with Crippen LogP contribution in [0, 0.1) is 23.2 Å². The molecule has 0 saturated heterocycles. The van der Waals surface area contributed by atoms with E-state index in [0.29, 0.717) is 5.41 Å². The third-order valence-corrected chi connectivity index (χ3v) is 3.99. The summed E-state index contributed by atoms with van der Waals surface area (Å²) in [5, 5.41) is 0. The van der Waals surface area contributed by atoms with E-state index in [2.05, 4.69) is 47.6 Å². The lowest BCUT2D eigenvalue weighted by Gasteiger charge is -2.41. The topological polar surface area (TPSA) is 0 Å². The number of rotatable bonds is 2. The van der Waals surface area contributed by atoms with Crippen molar-refractivity contribution >= 4 is 0 Å². The van der Waals surface area contributed by atoms with E-state index in [9.17, 15) is 0 Å². The Morgan fingerprint density at radius 2 is 1.93 bits per heavy atom. The van der Waals surface area contributed by atoms with Gasteiger partial charge in [-0.3, -0.25) is 0 Å². The predicted octanol–water partition coefficient (Wildman–Crippen LogP) is 5.05. The first-order valence-electron chi connectivity index (χ1n) is 6.55. The van der Waals surface area contributed by atoms with Gasteiger partial charge in [0, 0.05) is 0 Å². The maximum Gasteiger partial charge on any atom is -0.0151 e. The molecule has 2 atom stereocenters. The largest absolute Gasteiger partial charge is 0.0814 e. The minimum atomic E-state index is 0.426. The molecule has 88 valence electrons. The molecule has 0 aromatic rings. The lowest BCUT2D eigenvalue weighted by atomic mass is 9.64. The molecule has 0 aromatic carbocycles. The molecule has 2 unspecified atom stereocenters.